The Morgan fingerprint density at radius 2 is 2.23 bits per heavy atom. The van der Waals surface area contributed by atoms with Crippen molar-refractivity contribution in [2.75, 3.05) is 0 Å². The number of hydrogen-bond acceptors (Lipinski definition) is 4. The van der Waals surface area contributed by atoms with E-state index in [1.807, 2.05) is 0 Å². The van der Waals surface area contributed by atoms with Gasteiger partial charge in [-0.1, -0.05) is 24.3 Å². The van der Waals surface area contributed by atoms with Gasteiger partial charge in [0.1, 0.15) is 10.8 Å². The zero-order valence-corrected chi connectivity index (χ0v) is 12.3. The third kappa shape index (κ3) is 4.78. The molecule has 0 bridgehead atoms. The molecule has 0 spiro atoms. The van der Waals surface area contributed by atoms with Crippen LogP contribution in [0.5, 0.6) is 0 Å². The molecule has 0 atom stereocenters. The number of benzene rings is 1. The van der Waals surface area contributed by atoms with Crippen LogP contribution in [0.1, 0.15) is 27.5 Å². The average Bonchev–Trinajstić information content (AvgIpc) is 2.94. The topological polar surface area (TPSA) is 79.3 Å². The van der Waals surface area contributed by atoms with E-state index in [1.165, 1.54) is 28.8 Å². The number of rotatable bonds is 6. The fourth-order valence-electron chi connectivity index (χ4n) is 1.65. The molecule has 2 rings (SSSR count). The van der Waals surface area contributed by atoms with Gasteiger partial charge in [-0.15, -0.1) is 11.3 Å². The standard InChI is InChI=1S/C15H13FN2O3S/c16-11-5-1-3-10(7-11)4-2-6-13(19)17-8-14-18-12(9-22-14)15(20)21/h1-5,7,9H,6,8H2,(H,17,19)(H,20,21). The molecule has 1 aromatic heterocycles. The summed E-state index contributed by atoms with van der Waals surface area (Å²) in [5.41, 5.74) is 0.652. The van der Waals surface area contributed by atoms with Gasteiger partial charge in [0, 0.05) is 11.8 Å². The van der Waals surface area contributed by atoms with Gasteiger partial charge in [0.25, 0.3) is 0 Å². The van der Waals surface area contributed by atoms with Gasteiger partial charge in [0.15, 0.2) is 5.69 Å². The molecule has 1 amide bonds. The van der Waals surface area contributed by atoms with E-state index in [2.05, 4.69) is 10.3 Å². The predicted octanol–water partition coefficient (Wildman–Crippen LogP) is 2.70. The number of carboxylic acid groups (broad SMARTS) is 1. The van der Waals surface area contributed by atoms with Gasteiger partial charge in [-0.05, 0) is 17.7 Å². The molecule has 0 saturated heterocycles. The molecule has 0 aliphatic rings. The van der Waals surface area contributed by atoms with E-state index in [9.17, 15) is 14.0 Å². The summed E-state index contributed by atoms with van der Waals surface area (Å²) in [6, 6.07) is 6.05. The summed E-state index contributed by atoms with van der Waals surface area (Å²) in [6.07, 6.45) is 3.44. The molecule has 1 heterocycles. The molecule has 0 saturated carbocycles. The minimum atomic E-state index is -1.09. The van der Waals surface area contributed by atoms with Gasteiger partial charge >= 0.3 is 5.97 Å². The van der Waals surface area contributed by atoms with Crippen LogP contribution in [-0.2, 0) is 11.3 Å². The Kier molecular flexibility index (Phi) is 5.37. The number of carboxylic acids is 1. The number of amides is 1. The lowest BCUT2D eigenvalue weighted by Gasteiger charge is -2.00. The van der Waals surface area contributed by atoms with Crippen molar-refractivity contribution in [3.05, 3.63) is 57.8 Å². The highest BCUT2D eigenvalue weighted by Crippen LogP contribution is 2.09. The van der Waals surface area contributed by atoms with Crippen LogP contribution in [0, 0.1) is 5.82 Å². The molecule has 2 aromatic rings. The van der Waals surface area contributed by atoms with Crippen molar-refractivity contribution >= 4 is 29.3 Å². The predicted molar refractivity (Wildman–Crippen MR) is 81.0 cm³/mol. The summed E-state index contributed by atoms with van der Waals surface area (Å²) in [7, 11) is 0. The highest BCUT2D eigenvalue weighted by Gasteiger charge is 2.08. The maximum absolute atomic E-state index is 13.0. The lowest BCUT2D eigenvalue weighted by atomic mass is 10.2. The fraction of sp³-hybridized carbons (Fsp3) is 0.133. The van der Waals surface area contributed by atoms with Gasteiger partial charge in [0.2, 0.25) is 5.91 Å². The second-order valence-electron chi connectivity index (χ2n) is 4.37. The van der Waals surface area contributed by atoms with Gasteiger partial charge in [0.05, 0.1) is 6.54 Å². The summed E-state index contributed by atoms with van der Waals surface area (Å²) in [5, 5.41) is 13.3. The number of aromatic carboxylic acids is 1. The van der Waals surface area contributed by atoms with Crippen LogP contribution in [0.4, 0.5) is 4.39 Å². The zero-order valence-electron chi connectivity index (χ0n) is 11.5. The highest BCUT2D eigenvalue weighted by molar-refractivity contribution is 7.09. The molecule has 7 heteroatoms. The van der Waals surface area contributed by atoms with Gasteiger partial charge in [-0.25, -0.2) is 14.2 Å². The Labute approximate surface area is 130 Å². The number of carbonyl (C=O) groups is 2. The summed E-state index contributed by atoms with van der Waals surface area (Å²) >= 11 is 1.18. The summed E-state index contributed by atoms with van der Waals surface area (Å²) in [6.45, 7) is 0.185. The van der Waals surface area contributed by atoms with E-state index >= 15 is 0 Å². The van der Waals surface area contributed by atoms with Crippen LogP contribution in [0.3, 0.4) is 0 Å². The Morgan fingerprint density at radius 3 is 2.91 bits per heavy atom. The molecule has 0 aliphatic carbocycles. The van der Waals surface area contributed by atoms with Gasteiger partial charge in [-0.2, -0.15) is 0 Å². The minimum absolute atomic E-state index is 0.0275. The lowest BCUT2D eigenvalue weighted by molar-refractivity contribution is -0.120. The van der Waals surface area contributed by atoms with Crippen molar-refractivity contribution in [1.82, 2.24) is 10.3 Å². The van der Waals surface area contributed by atoms with Crippen molar-refractivity contribution in [2.24, 2.45) is 0 Å². The number of carbonyl (C=O) groups excluding carboxylic acids is 1. The Balaban J connectivity index is 1.79. The van der Waals surface area contributed by atoms with Crippen LogP contribution in [-0.4, -0.2) is 22.0 Å². The van der Waals surface area contributed by atoms with Crippen LogP contribution in [0.15, 0.2) is 35.7 Å². The fourth-order valence-corrected chi connectivity index (χ4v) is 2.36. The second kappa shape index (κ2) is 7.46. The van der Waals surface area contributed by atoms with Crippen LogP contribution in [0.2, 0.25) is 0 Å². The number of nitrogens with one attached hydrogen (secondary N) is 1. The highest BCUT2D eigenvalue weighted by atomic mass is 32.1. The average molecular weight is 320 g/mol. The quantitative estimate of drug-likeness (QED) is 0.857. The van der Waals surface area contributed by atoms with E-state index in [4.69, 9.17) is 5.11 Å². The molecule has 0 aliphatic heterocycles. The minimum Gasteiger partial charge on any atom is -0.476 e. The molecular weight excluding hydrogens is 307 g/mol. The molecule has 0 fully saturated rings. The van der Waals surface area contributed by atoms with E-state index in [-0.39, 0.29) is 30.4 Å². The van der Waals surface area contributed by atoms with Crippen LogP contribution < -0.4 is 5.32 Å². The first kappa shape index (κ1) is 15.8. The molecule has 0 radical (unpaired) electrons. The first-order valence-electron chi connectivity index (χ1n) is 6.41. The van der Waals surface area contributed by atoms with Crippen molar-refractivity contribution in [3.8, 4) is 0 Å². The van der Waals surface area contributed by atoms with Crippen molar-refractivity contribution < 1.29 is 19.1 Å². The second-order valence-corrected chi connectivity index (χ2v) is 5.31. The summed E-state index contributed by atoms with van der Waals surface area (Å²) in [4.78, 5) is 26.2. The van der Waals surface area contributed by atoms with Crippen LogP contribution in [0.25, 0.3) is 6.08 Å². The molecule has 2 N–H and O–H groups in total. The number of hydrogen-bond donors (Lipinski definition) is 2. The van der Waals surface area contributed by atoms with E-state index in [0.717, 1.165) is 0 Å². The molecule has 5 nitrogen and oxygen atoms in total. The largest absolute Gasteiger partial charge is 0.476 e. The number of halogens is 1. The van der Waals surface area contributed by atoms with Crippen molar-refractivity contribution in [3.63, 3.8) is 0 Å². The summed E-state index contributed by atoms with van der Waals surface area (Å²) in [5.74, 6) is -1.64. The summed E-state index contributed by atoms with van der Waals surface area (Å²) < 4.78 is 13.0. The molecule has 114 valence electrons. The molecular formula is C15H13FN2O3S. The van der Waals surface area contributed by atoms with Crippen molar-refractivity contribution in [2.45, 2.75) is 13.0 Å². The number of aromatic nitrogens is 1. The first-order valence-corrected chi connectivity index (χ1v) is 7.29. The Morgan fingerprint density at radius 1 is 1.41 bits per heavy atom. The normalized spacial score (nSPS) is 10.8. The molecule has 22 heavy (non-hydrogen) atoms. The van der Waals surface area contributed by atoms with Gasteiger partial charge in [-0.3, -0.25) is 4.79 Å². The lowest BCUT2D eigenvalue weighted by Crippen LogP contribution is -2.21. The maximum atomic E-state index is 13.0. The van der Waals surface area contributed by atoms with E-state index in [0.29, 0.717) is 10.6 Å². The monoisotopic (exact) mass is 320 g/mol. The maximum Gasteiger partial charge on any atom is 0.355 e. The van der Waals surface area contributed by atoms with E-state index < -0.39 is 5.97 Å². The van der Waals surface area contributed by atoms with Gasteiger partial charge < -0.3 is 10.4 Å². The number of nitrogens with zero attached hydrogens (tertiary/aromatic N) is 1. The van der Waals surface area contributed by atoms with E-state index in [1.54, 1.807) is 24.3 Å². The smallest absolute Gasteiger partial charge is 0.355 e. The third-order valence-electron chi connectivity index (χ3n) is 2.67. The Hall–Kier alpha value is -2.54. The Bertz CT molecular complexity index is 712. The number of thiazole rings is 1. The first-order chi connectivity index (χ1) is 10.5. The van der Waals surface area contributed by atoms with Crippen LogP contribution >= 0.6 is 11.3 Å². The SMILES string of the molecule is O=C(CC=Cc1cccc(F)c1)NCc1nc(C(=O)O)cs1. The molecule has 1 aromatic carbocycles. The third-order valence-corrected chi connectivity index (χ3v) is 3.52. The zero-order chi connectivity index (χ0) is 15.9. The van der Waals surface area contributed by atoms with Crippen molar-refractivity contribution in [1.29, 1.82) is 0 Å². The molecule has 0 unspecified atom stereocenters.